The second kappa shape index (κ2) is 10.4. The van der Waals surface area contributed by atoms with Crippen LogP contribution in [0, 0.1) is 12.3 Å². The molecule has 1 fully saturated rings. The lowest BCUT2D eigenvalue weighted by Crippen LogP contribution is -2.45. The Morgan fingerprint density at radius 3 is 2.66 bits per heavy atom. The fourth-order valence-corrected chi connectivity index (χ4v) is 4.25. The first-order chi connectivity index (χ1) is 14.2. The molecule has 0 saturated heterocycles. The van der Waals surface area contributed by atoms with Gasteiger partial charge in [0.15, 0.2) is 5.96 Å². The number of aliphatic hydroxyl groups is 1. The standard InChI is InChI=1S/C23H35N5O/c1-3-24-22(26-18-23(14-16-29)12-7-4-8-13-23)25-17-20-9-5-6-10-21(20)28-15-11-19(2)27-28/h5-6,9-11,15,29H,3-4,7-8,12-14,16-18H2,1-2H3,(H2,24,25,26). The van der Waals surface area contributed by atoms with Gasteiger partial charge in [0.05, 0.1) is 17.9 Å². The molecule has 1 saturated carbocycles. The van der Waals surface area contributed by atoms with Crippen LogP contribution in [0.2, 0.25) is 0 Å². The molecule has 0 atom stereocenters. The molecule has 1 aliphatic rings. The van der Waals surface area contributed by atoms with Crippen LogP contribution in [0.25, 0.3) is 5.69 Å². The van der Waals surface area contributed by atoms with Crippen molar-refractivity contribution in [1.29, 1.82) is 0 Å². The van der Waals surface area contributed by atoms with E-state index in [2.05, 4.69) is 34.8 Å². The minimum Gasteiger partial charge on any atom is -0.396 e. The third-order valence-electron chi connectivity index (χ3n) is 5.90. The van der Waals surface area contributed by atoms with Crippen LogP contribution in [0.5, 0.6) is 0 Å². The molecule has 3 N–H and O–H groups in total. The van der Waals surface area contributed by atoms with Crippen LogP contribution >= 0.6 is 0 Å². The second-order valence-corrected chi connectivity index (χ2v) is 8.11. The molecule has 1 aliphatic carbocycles. The highest BCUT2D eigenvalue weighted by molar-refractivity contribution is 5.79. The zero-order valence-electron chi connectivity index (χ0n) is 17.8. The Morgan fingerprint density at radius 2 is 1.97 bits per heavy atom. The highest BCUT2D eigenvalue weighted by Gasteiger charge is 2.31. The van der Waals surface area contributed by atoms with E-state index in [0.717, 1.165) is 42.4 Å². The summed E-state index contributed by atoms with van der Waals surface area (Å²) in [6.07, 6.45) is 9.04. The molecule has 0 aliphatic heterocycles. The first-order valence-corrected chi connectivity index (χ1v) is 10.9. The van der Waals surface area contributed by atoms with Gasteiger partial charge in [-0.15, -0.1) is 0 Å². The predicted molar refractivity (Wildman–Crippen MR) is 118 cm³/mol. The molecule has 158 valence electrons. The number of aromatic nitrogens is 2. The number of nitrogens with one attached hydrogen (secondary N) is 2. The van der Waals surface area contributed by atoms with Gasteiger partial charge in [0, 0.05) is 25.9 Å². The SMILES string of the molecule is CCNC(=NCc1ccccc1-n1ccc(C)n1)NCC1(CCO)CCCCC1. The average Bonchev–Trinajstić information content (AvgIpc) is 3.17. The van der Waals surface area contributed by atoms with Gasteiger partial charge in [-0.05, 0) is 56.2 Å². The molecule has 3 rings (SSSR count). The lowest BCUT2D eigenvalue weighted by atomic mass is 9.72. The number of rotatable bonds is 8. The van der Waals surface area contributed by atoms with Gasteiger partial charge in [-0.25, -0.2) is 9.67 Å². The number of benzene rings is 1. The van der Waals surface area contributed by atoms with Gasteiger partial charge in [0.25, 0.3) is 0 Å². The molecular weight excluding hydrogens is 362 g/mol. The van der Waals surface area contributed by atoms with Gasteiger partial charge in [-0.3, -0.25) is 0 Å². The summed E-state index contributed by atoms with van der Waals surface area (Å²) in [4.78, 5) is 4.84. The molecule has 1 aromatic carbocycles. The van der Waals surface area contributed by atoms with Crippen molar-refractivity contribution in [2.45, 2.75) is 58.9 Å². The van der Waals surface area contributed by atoms with Gasteiger partial charge in [0.2, 0.25) is 0 Å². The summed E-state index contributed by atoms with van der Waals surface area (Å²) in [5.41, 5.74) is 3.38. The van der Waals surface area contributed by atoms with Crippen LogP contribution in [0.15, 0.2) is 41.5 Å². The van der Waals surface area contributed by atoms with Crippen molar-refractivity contribution in [2.75, 3.05) is 19.7 Å². The Kier molecular flexibility index (Phi) is 7.69. The maximum Gasteiger partial charge on any atom is 0.191 e. The molecule has 0 unspecified atom stereocenters. The summed E-state index contributed by atoms with van der Waals surface area (Å²) in [7, 11) is 0. The van der Waals surface area contributed by atoms with E-state index < -0.39 is 0 Å². The van der Waals surface area contributed by atoms with Gasteiger partial charge >= 0.3 is 0 Å². The molecule has 2 aromatic rings. The summed E-state index contributed by atoms with van der Waals surface area (Å²) >= 11 is 0. The highest BCUT2D eigenvalue weighted by atomic mass is 16.3. The minimum atomic E-state index is 0.188. The van der Waals surface area contributed by atoms with Crippen molar-refractivity contribution >= 4 is 5.96 Å². The number of nitrogens with zero attached hydrogens (tertiary/aromatic N) is 3. The maximum atomic E-state index is 9.56. The molecule has 1 heterocycles. The monoisotopic (exact) mass is 397 g/mol. The van der Waals surface area contributed by atoms with E-state index in [1.54, 1.807) is 0 Å². The molecule has 29 heavy (non-hydrogen) atoms. The van der Waals surface area contributed by atoms with Crippen molar-refractivity contribution in [1.82, 2.24) is 20.4 Å². The van der Waals surface area contributed by atoms with E-state index in [1.165, 1.54) is 32.1 Å². The molecule has 6 heteroatoms. The van der Waals surface area contributed by atoms with Gasteiger partial charge in [-0.2, -0.15) is 5.10 Å². The summed E-state index contributed by atoms with van der Waals surface area (Å²) in [6, 6.07) is 10.3. The fraction of sp³-hybridized carbons (Fsp3) is 0.565. The molecule has 0 spiro atoms. The van der Waals surface area contributed by atoms with E-state index in [4.69, 9.17) is 4.99 Å². The Labute approximate surface area is 174 Å². The third-order valence-corrected chi connectivity index (χ3v) is 5.90. The Bertz CT molecular complexity index is 787. The van der Waals surface area contributed by atoms with Crippen LogP contribution < -0.4 is 10.6 Å². The number of aliphatic imine (C=N–C) groups is 1. The molecule has 0 bridgehead atoms. The predicted octanol–water partition coefficient (Wildman–Crippen LogP) is 3.57. The summed E-state index contributed by atoms with van der Waals surface area (Å²) in [6.45, 7) is 6.60. The van der Waals surface area contributed by atoms with E-state index in [1.807, 2.05) is 36.0 Å². The lowest BCUT2D eigenvalue weighted by molar-refractivity contribution is 0.131. The number of guanidine groups is 1. The minimum absolute atomic E-state index is 0.188. The van der Waals surface area contributed by atoms with Crippen molar-refractivity contribution in [3.05, 3.63) is 47.8 Å². The number of aliphatic hydroxyl groups excluding tert-OH is 1. The maximum absolute atomic E-state index is 9.56. The lowest BCUT2D eigenvalue weighted by Gasteiger charge is -2.37. The smallest absolute Gasteiger partial charge is 0.191 e. The Balaban J connectivity index is 1.71. The molecule has 0 amide bonds. The van der Waals surface area contributed by atoms with Crippen molar-refractivity contribution in [3.8, 4) is 5.69 Å². The Hall–Kier alpha value is -2.34. The third kappa shape index (κ3) is 5.82. The van der Waals surface area contributed by atoms with E-state index in [0.29, 0.717) is 6.54 Å². The van der Waals surface area contributed by atoms with Crippen LogP contribution in [0.3, 0.4) is 0 Å². The average molecular weight is 398 g/mol. The molecule has 6 nitrogen and oxygen atoms in total. The van der Waals surface area contributed by atoms with Gasteiger partial charge < -0.3 is 15.7 Å². The van der Waals surface area contributed by atoms with Crippen LogP contribution in [0.4, 0.5) is 0 Å². The van der Waals surface area contributed by atoms with E-state index in [-0.39, 0.29) is 12.0 Å². The van der Waals surface area contributed by atoms with E-state index in [9.17, 15) is 5.11 Å². The van der Waals surface area contributed by atoms with Crippen LogP contribution in [-0.2, 0) is 6.54 Å². The van der Waals surface area contributed by atoms with Gasteiger partial charge in [-0.1, -0.05) is 37.5 Å². The molecule has 1 aromatic heterocycles. The second-order valence-electron chi connectivity index (χ2n) is 8.11. The number of hydrogen-bond donors (Lipinski definition) is 3. The number of aryl methyl sites for hydroxylation is 1. The number of hydrogen-bond acceptors (Lipinski definition) is 3. The summed E-state index contributed by atoms with van der Waals surface area (Å²) < 4.78 is 1.92. The fourth-order valence-electron chi connectivity index (χ4n) is 4.25. The van der Waals surface area contributed by atoms with Crippen molar-refractivity contribution < 1.29 is 5.11 Å². The van der Waals surface area contributed by atoms with Crippen molar-refractivity contribution in [2.24, 2.45) is 10.4 Å². The molecular formula is C23H35N5O. The highest BCUT2D eigenvalue weighted by Crippen LogP contribution is 2.38. The van der Waals surface area contributed by atoms with E-state index >= 15 is 0 Å². The van der Waals surface area contributed by atoms with Crippen LogP contribution in [-0.4, -0.2) is 40.5 Å². The Morgan fingerprint density at radius 1 is 1.17 bits per heavy atom. The number of para-hydroxylation sites is 1. The normalized spacial score (nSPS) is 16.6. The topological polar surface area (TPSA) is 74.5 Å². The largest absolute Gasteiger partial charge is 0.396 e. The first-order valence-electron chi connectivity index (χ1n) is 10.9. The quantitative estimate of drug-likeness (QED) is 0.470. The van der Waals surface area contributed by atoms with Gasteiger partial charge in [0.1, 0.15) is 0 Å². The first kappa shape index (κ1) is 21.4. The zero-order valence-corrected chi connectivity index (χ0v) is 17.8. The van der Waals surface area contributed by atoms with Crippen LogP contribution in [0.1, 0.15) is 56.7 Å². The van der Waals surface area contributed by atoms with Crippen molar-refractivity contribution in [3.63, 3.8) is 0 Å². The zero-order chi connectivity index (χ0) is 20.5. The summed E-state index contributed by atoms with van der Waals surface area (Å²) in [5.74, 6) is 0.835. The molecule has 0 radical (unpaired) electrons. The summed E-state index contributed by atoms with van der Waals surface area (Å²) in [5, 5.41) is 21.0.